The summed E-state index contributed by atoms with van der Waals surface area (Å²) in [5.41, 5.74) is -0.330. The lowest BCUT2D eigenvalue weighted by atomic mass is 9.78. The van der Waals surface area contributed by atoms with Crippen molar-refractivity contribution >= 4 is 5.97 Å². The van der Waals surface area contributed by atoms with Gasteiger partial charge in [0.05, 0.1) is 11.5 Å². The summed E-state index contributed by atoms with van der Waals surface area (Å²) in [4.78, 5) is 12.5. The summed E-state index contributed by atoms with van der Waals surface area (Å²) in [5, 5.41) is 0. The highest BCUT2D eigenvalue weighted by Crippen LogP contribution is 2.52. The maximum absolute atomic E-state index is 12.5. The molecule has 2 bridgehead atoms. The molecule has 3 heteroatoms. The maximum atomic E-state index is 12.5. The molecule has 3 rings (SSSR count). The molecule has 112 valence electrons. The molecule has 0 N–H and O–H groups in total. The van der Waals surface area contributed by atoms with Crippen LogP contribution in [0.4, 0.5) is 0 Å². The third-order valence-electron chi connectivity index (χ3n) is 5.35. The van der Waals surface area contributed by atoms with Crippen molar-refractivity contribution in [3.63, 3.8) is 0 Å². The Balaban J connectivity index is 1.52. The van der Waals surface area contributed by atoms with Crippen molar-refractivity contribution in [3.05, 3.63) is 12.2 Å². The quantitative estimate of drug-likeness (QED) is 0.445. The number of hydrogen-bond donors (Lipinski definition) is 0. The molecule has 0 amide bonds. The molecule has 0 saturated heterocycles. The Morgan fingerprint density at radius 1 is 1.25 bits per heavy atom. The van der Waals surface area contributed by atoms with E-state index in [-0.39, 0.29) is 17.5 Å². The smallest absolute Gasteiger partial charge is 0.314 e. The van der Waals surface area contributed by atoms with Gasteiger partial charge in [0.1, 0.15) is 0 Å². The lowest BCUT2D eigenvalue weighted by Gasteiger charge is -2.31. The molecule has 0 aliphatic heterocycles. The molecule has 0 aromatic carbocycles. The number of allylic oxidation sites excluding steroid dienone is 2. The van der Waals surface area contributed by atoms with Crippen LogP contribution in [-0.4, -0.2) is 18.4 Å². The molecule has 4 unspecified atom stereocenters. The van der Waals surface area contributed by atoms with Crippen molar-refractivity contribution in [3.8, 4) is 0 Å². The van der Waals surface area contributed by atoms with E-state index in [2.05, 4.69) is 19.1 Å². The summed E-state index contributed by atoms with van der Waals surface area (Å²) in [5.74, 6) is 0.867. The summed E-state index contributed by atoms with van der Waals surface area (Å²) >= 11 is 0. The zero-order valence-corrected chi connectivity index (χ0v) is 12.6. The monoisotopic (exact) mass is 278 g/mol. The molecule has 2 fully saturated rings. The van der Waals surface area contributed by atoms with E-state index in [4.69, 9.17) is 9.47 Å². The van der Waals surface area contributed by atoms with Gasteiger partial charge in [-0.05, 0) is 51.4 Å². The van der Waals surface area contributed by atoms with Gasteiger partial charge < -0.3 is 9.47 Å². The van der Waals surface area contributed by atoms with Gasteiger partial charge in [-0.2, -0.15) is 0 Å². The number of rotatable bonds is 4. The fourth-order valence-corrected chi connectivity index (χ4v) is 4.11. The first-order valence-corrected chi connectivity index (χ1v) is 8.13. The molecule has 0 spiro atoms. The van der Waals surface area contributed by atoms with E-state index in [0.717, 1.165) is 25.7 Å². The fourth-order valence-electron chi connectivity index (χ4n) is 4.11. The second-order valence-electron chi connectivity index (χ2n) is 6.98. The SMILES string of the molecule is CC(OC(=O)C1(C)CC2C=CC1C2)OC1CCCCC1. The predicted molar refractivity (Wildman–Crippen MR) is 77.0 cm³/mol. The van der Waals surface area contributed by atoms with E-state index in [1.54, 1.807) is 0 Å². The highest BCUT2D eigenvalue weighted by Gasteiger charge is 2.51. The molecule has 0 heterocycles. The molecule has 3 nitrogen and oxygen atoms in total. The van der Waals surface area contributed by atoms with Crippen molar-refractivity contribution in [2.24, 2.45) is 17.3 Å². The minimum atomic E-state index is -0.412. The fraction of sp³-hybridized carbons (Fsp3) is 0.824. The highest BCUT2D eigenvalue weighted by atomic mass is 16.7. The third-order valence-corrected chi connectivity index (χ3v) is 5.35. The molecule has 0 aromatic heterocycles. The van der Waals surface area contributed by atoms with Gasteiger partial charge in [0, 0.05) is 0 Å². The largest absolute Gasteiger partial charge is 0.436 e. The van der Waals surface area contributed by atoms with Gasteiger partial charge in [-0.3, -0.25) is 4.79 Å². The molecular weight excluding hydrogens is 252 g/mol. The van der Waals surface area contributed by atoms with Crippen LogP contribution >= 0.6 is 0 Å². The van der Waals surface area contributed by atoms with Crippen molar-refractivity contribution in [2.75, 3.05) is 0 Å². The van der Waals surface area contributed by atoms with Crippen LogP contribution in [0.1, 0.15) is 58.8 Å². The Bertz CT molecular complexity index is 397. The van der Waals surface area contributed by atoms with Gasteiger partial charge in [0.15, 0.2) is 6.29 Å². The van der Waals surface area contributed by atoms with Crippen LogP contribution in [0.5, 0.6) is 0 Å². The van der Waals surface area contributed by atoms with E-state index in [0.29, 0.717) is 11.8 Å². The lowest BCUT2D eigenvalue weighted by Crippen LogP contribution is -2.37. The van der Waals surface area contributed by atoms with Crippen LogP contribution in [0.25, 0.3) is 0 Å². The van der Waals surface area contributed by atoms with E-state index >= 15 is 0 Å². The van der Waals surface area contributed by atoms with Crippen LogP contribution < -0.4 is 0 Å². The molecule has 0 radical (unpaired) electrons. The Morgan fingerprint density at radius 3 is 2.60 bits per heavy atom. The summed E-state index contributed by atoms with van der Waals surface area (Å²) in [6.07, 6.45) is 12.3. The maximum Gasteiger partial charge on any atom is 0.314 e. The second-order valence-corrected chi connectivity index (χ2v) is 6.98. The molecule has 3 aliphatic carbocycles. The van der Waals surface area contributed by atoms with Crippen molar-refractivity contribution in [1.82, 2.24) is 0 Å². The van der Waals surface area contributed by atoms with Crippen molar-refractivity contribution in [1.29, 1.82) is 0 Å². The number of carbonyl (C=O) groups excluding carboxylic acids is 1. The van der Waals surface area contributed by atoms with Gasteiger partial charge in [0.25, 0.3) is 0 Å². The van der Waals surface area contributed by atoms with Crippen molar-refractivity contribution in [2.45, 2.75) is 71.2 Å². The molecular formula is C17H26O3. The number of carbonyl (C=O) groups is 1. The molecule has 20 heavy (non-hydrogen) atoms. The lowest BCUT2D eigenvalue weighted by molar-refractivity contribution is -0.198. The van der Waals surface area contributed by atoms with Gasteiger partial charge >= 0.3 is 5.97 Å². The first-order valence-electron chi connectivity index (χ1n) is 8.13. The predicted octanol–water partition coefficient (Wildman–Crippen LogP) is 3.83. The minimum Gasteiger partial charge on any atom is -0.436 e. The van der Waals surface area contributed by atoms with Crippen LogP contribution in [0.3, 0.4) is 0 Å². The Labute approximate surface area is 121 Å². The first kappa shape index (κ1) is 14.1. The standard InChI is InChI=1S/C17H26O3/c1-12(19-15-6-4-3-5-7-15)20-16(18)17(2)11-13-8-9-14(17)10-13/h8-9,12-15H,3-7,10-11H2,1-2H3. The molecule has 0 aromatic rings. The highest BCUT2D eigenvalue weighted by molar-refractivity contribution is 5.78. The van der Waals surface area contributed by atoms with Gasteiger partial charge in [-0.15, -0.1) is 0 Å². The van der Waals surface area contributed by atoms with Crippen LogP contribution in [-0.2, 0) is 14.3 Å². The first-order chi connectivity index (χ1) is 9.58. The summed E-state index contributed by atoms with van der Waals surface area (Å²) in [7, 11) is 0. The van der Waals surface area contributed by atoms with Crippen molar-refractivity contribution < 1.29 is 14.3 Å². The Morgan fingerprint density at radius 2 is 2.00 bits per heavy atom. The van der Waals surface area contributed by atoms with Crippen LogP contribution in [0, 0.1) is 17.3 Å². The van der Waals surface area contributed by atoms with E-state index in [1.807, 2.05) is 6.92 Å². The zero-order valence-electron chi connectivity index (χ0n) is 12.6. The number of esters is 1. The van der Waals surface area contributed by atoms with E-state index in [1.165, 1.54) is 19.3 Å². The van der Waals surface area contributed by atoms with Crippen LogP contribution in [0.2, 0.25) is 0 Å². The minimum absolute atomic E-state index is 0.0716. The summed E-state index contributed by atoms with van der Waals surface area (Å²) in [6.45, 7) is 3.91. The Hall–Kier alpha value is -0.830. The van der Waals surface area contributed by atoms with Gasteiger partial charge in [-0.1, -0.05) is 31.4 Å². The molecule has 3 aliphatic rings. The normalized spacial score (nSPS) is 38.1. The number of fused-ring (bicyclic) bond motifs is 2. The second kappa shape index (κ2) is 5.51. The van der Waals surface area contributed by atoms with Gasteiger partial charge in [-0.25, -0.2) is 0 Å². The molecule has 4 atom stereocenters. The summed E-state index contributed by atoms with van der Waals surface area (Å²) < 4.78 is 11.5. The molecule has 2 saturated carbocycles. The van der Waals surface area contributed by atoms with Crippen LogP contribution in [0.15, 0.2) is 12.2 Å². The zero-order chi connectivity index (χ0) is 14.2. The summed E-state index contributed by atoms with van der Waals surface area (Å²) in [6, 6.07) is 0. The van der Waals surface area contributed by atoms with Gasteiger partial charge in [0.2, 0.25) is 0 Å². The topological polar surface area (TPSA) is 35.5 Å². The average Bonchev–Trinajstić information content (AvgIpc) is 3.00. The van der Waals surface area contributed by atoms with E-state index in [9.17, 15) is 4.79 Å². The third kappa shape index (κ3) is 2.65. The number of ether oxygens (including phenoxy) is 2. The number of hydrogen-bond acceptors (Lipinski definition) is 3. The average molecular weight is 278 g/mol. The van der Waals surface area contributed by atoms with E-state index < -0.39 is 6.29 Å². The Kier molecular flexibility index (Phi) is 3.89.